The van der Waals surface area contributed by atoms with Gasteiger partial charge in [0.15, 0.2) is 0 Å². The molecule has 1 aromatic carbocycles. The van der Waals surface area contributed by atoms with Gasteiger partial charge in [-0.05, 0) is 61.9 Å². The molecule has 29 heavy (non-hydrogen) atoms. The van der Waals surface area contributed by atoms with E-state index < -0.39 is 0 Å². The van der Waals surface area contributed by atoms with Gasteiger partial charge in [0.25, 0.3) is 11.5 Å². The van der Waals surface area contributed by atoms with Gasteiger partial charge in [-0.25, -0.2) is 4.39 Å². The molecular formula is C22H27FN4O2. The summed E-state index contributed by atoms with van der Waals surface area (Å²) in [5, 5.41) is 0. The molecule has 1 aromatic heterocycles. The van der Waals surface area contributed by atoms with Crippen LogP contribution in [0.25, 0.3) is 0 Å². The minimum atomic E-state index is -0.329. The number of carbonyl (C=O) groups is 1. The Morgan fingerprint density at radius 1 is 1.21 bits per heavy atom. The highest BCUT2D eigenvalue weighted by atomic mass is 19.1. The van der Waals surface area contributed by atoms with Crippen LogP contribution in [0.15, 0.2) is 35.1 Å². The van der Waals surface area contributed by atoms with Gasteiger partial charge in [-0.1, -0.05) is 12.1 Å². The topological polar surface area (TPSA) is 77.2 Å². The molecule has 4 rings (SSSR count). The largest absolute Gasteiger partial charge is 0.338 e. The number of likely N-dealkylation sites (tertiary alicyclic amines) is 1. The van der Waals surface area contributed by atoms with Gasteiger partial charge in [0.05, 0.1) is 0 Å². The van der Waals surface area contributed by atoms with Gasteiger partial charge >= 0.3 is 0 Å². The molecule has 2 aromatic rings. The zero-order valence-electron chi connectivity index (χ0n) is 16.8. The summed E-state index contributed by atoms with van der Waals surface area (Å²) < 4.78 is 13.3. The first-order valence-electron chi connectivity index (χ1n) is 10.2. The number of piperidine rings is 1. The van der Waals surface area contributed by atoms with Crippen molar-refractivity contribution in [3.63, 3.8) is 0 Å². The van der Waals surface area contributed by atoms with E-state index in [1.807, 2.05) is 26.0 Å². The van der Waals surface area contributed by atoms with E-state index in [4.69, 9.17) is 0 Å². The maximum absolute atomic E-state index is 13.3. The van der Waals surface area contributed by atoms with Crippen molar-refractivity contribution in [1.29, 1.82) is 0 Å². The van der Waals surface area contributed by atoms with Crippen LogP contribution in [0.1, 0.15) is 45.9 Å². The van der Waals surface area contributed by atoms with E-state index >= 15 is 0 Å². The first-order chi connectivity index (χ1) is 13.9. The number of benzene rings is 1. The van der Waals surface area contributed by atoms with Crippen LogP contribution in [0.3, 0.4) is 0 Å². The molecule has 3 unspecified atom stereocenters. The second-order valence-corrected chi connectivity index (χ2v) is 8.18. The quantitative estimate of drug-likeness (QED) is 0.741. The van der Waals surface area contributed by atoms with Gasteiger partial charge in [0.2, 0.25) is 0 Å². The third-order valence-corrected chi connectivity index (χ3v) is 6.30. The van der Waals surface area contributed by atoms with Crippen LogP contribution < -0.4 is 16.4 Å². The molecule has 154 valence electrons. The molecule has 0 bridgehead atoms. The standard InChI is InChI=1S/C22H27FN4O2/c1-13-10-18(21(28)25-14(13)2)22(29)27-9-3-4-16(12-27)20-19(11-24-26-20)15-5-7-17(23)8-6-15/h5-8,10,16,19-20,24,26H,3-4,9,11-12H2,1-2H3,(H,25,28). The lowest BCUT2D eigenvalue weighted by Gasteiger charge is -2.37. The lowest BCUT2D eigenvalue weighted by Crippen LogP contribution is -2.49. The van der Waals surface area contributed by atoms with Gasteiger partial charge in [-0.3, -0.25) is 20.4 Å². The Morgan fingerprint density at radius 2 is 1.97 bits per heavy atom. The average molecular weight is 398 g/mol. The number of carbonyl (C=O) groups excluding carboxylic acids is 1. The number of amides is 1. The van der Waals surface area contributed by atoms with Crippen LogP contribution >= 0.6 is 0 Å². The predicted octanol–water partition coefficient (Wildman–Crippen LogP) is 2.24. The van der Waals surface area contributed by atoms with E-state index in [1.165, 1.54) is 12.1 Å². The molecule has 0 saturated carbocycles. The molecule has 3 N–H and O–H groups in total. The lowest BCUT2D eigenvalue weighted by atomic mass is 9.81. The van der Waals surface area contributed by atoms with E-state index in [-0.39, 0.29) is 40.7 Å². The Bertz CT molecular complexity index is 956. The number of hydrogen-bond acceptors (Lipinski definition) is 4. The number of rotatable bonds is 3. The van der Waals surface area contributed by atoms with Crippen LogP contribution in [-0.4, -0.2) is 41.5 Å². The highest BCUT2D eigenvalue weighted by molar-refractivity contribution is 5.94. The summed E-state index contributed by atoms with van der Waals surface area (Å²) >= 11 is 0. The molecule has 1 amide bonds. The van der Waals surface area contributed by atoms with Crippen LogP contribution in [0.4, 0.5) is 4.39 Å². The van der Waals surface area contributed by atoms with Crippen LogP contribution in [-0.2, 0) is 0 Å². The molecule has 2 aliphatic rings. The van der Waals surface area contributed by atoms with Gasteiger partial charge in [-0.15, -0.1) is 0 Å². The fourth-order valence-corrected chi connectivity index (χ4v) is 4.54. The van der Waals surface area contributed by atoms with E-state index in [1.54, 1.807) is 11.0 Å². The van der Waals surface area contributed by atoms with Crippen molar-refractivity contribution in [3.05, 3.63) is 68.9 Å². The zero-order chi connectivity index (χ0) is 20.5. The maximum atomic E-state index is 13.3. The summed E-state index contributed by atoms with van der Waals surface area (Å²) in [6.45, 7) is 5.74. The van der Waals surface area contributed by atoms with Gasteiger partial charge in [0.1, 0.15) is 11.4 Å². The predicted molar refractivity (Wildman–Crippen MR) is 109 cm³/mol. The molecule has 3 atom stereocenters. The number of nitrogens with zero attached hydrogens (tertiary/aromatic N) is 1. The molecule has 0 aliphatic carbocycles. The van der Waals surface area contributed by atoms with Crippen LogP contribution in [0, 0.1) is 25.6 Å². The van der Waals surface area contributed by atoms with Gasteiger partial charge in [-0.2, -0.15) is 0 Å². The summed E-state index contributed by atoms with van der Waals surface area (Å²) in [4.78, 5) is 30.0. The molecule has 6 nitrogen and oxygen atoms in total. The Morgan fingerprint density at radius 3 is 2.72 bits per heavy atom. The first kappa shape index (κ1) is 19.8. The van der Waals surface area contributed by atoms with Crippen molar-refractivity contribution < 1.29 is 9.18 Å². The monoisotopic (exact) mass is 398 g/mol. The molecule has 7 heteroatoms. The fraction of sp³-hybridized carbons (Fsp3) is 0.455. The molecule has 3 heterocycles. The fourth-order valence-electron chi connectivity index (χ4n) is 4.54. The molecule has 0 radical (unpaired) electrons. The zero-order valence-corrected chi connectivity index (χ0v) is 16.8. The minimum absolute atomic E-state index is 0.147. The number of hydrazine groups is 1. The van der Waals surface area contributed by atoms with E-state index in [0.717, 1.165) is 36.2 Å². The Balaban J connectivity index is 1.52. The minimum Gasteiger partial charge on any atom is -0.338 e. The number of aryl methyl sites for hydroxylation is 2. The maximum Gasteiger partial charge on any atom is 0.261 e. The number of aromatic nitrogens is 1. The van der Waals surface area contributed by atoms with E-state index in [0.29, 0.717) is 13.1 Å². The average Bonchev–Trinajstić information content (AvgIpc) is 3.21. The van der Waals surface area contributed by atoms with Crippen LogP contribution in [0.5, 0.6) is 0 Å². The van der Waals surface area contributed by atoms with Crippen molar-refractivity contribution in [1.82, 2.24) is 20.7 Å². The van der Waals surface area contributed by atoms with Crippen LogP contribution in [0.2, 0.25) is 0 Å². The summed E-state index contributed by atoms with van der Waals surface area (Å²) in [7, 11) is 0. The van der Waals surface area contributed by atoms with Crippen molar-refractivity contribution in [2.75, 3.05) is 19.6 Å². The molecule has 2 fully saturated rings. The molecule has 0 spiro atoms. The van der Waals surface area contributed by atoms with E-state index in [2.05, 4.69) is 15.8 Å². The SMILES string of the molecule is Cc1cc(C(=O)N2CCCC(C3NNCC3c3ccc(F)cc3)C2)c(=O)[nH]c1C. The Hall–Kier alpha value is -2.51. The molecular weight excluding hydrogens is 371 g/mol. The van der Waals surface area contributed by atoms with Crippen molar-refractivity contribution in [2.45, 2.75) is 38.6 Å². The van der Waals surface area contributed by atoms with Crippen molar-refractivity contribution >= 4 is 5.91 Å². The lowest BCUT2D eigenvalue weighted by molar-refractivity contribution is 0.0642. The summed E-state index contributed by atoms with van der Waals surface area (Å²) in [6.07, 6.45) is 1.90. The number of H-pyrrole nitrogens is 1. The summed E-state index contributed by atoms with van der Waals surface area (Å²) in [5.74, 6) is 0.0182. The highest BCUT2D eigenvalue weighted by Gasteiger charge is 2.38. The smallest absolute Gasteiger partial charge is 0.261 e. The third kappa shape index (κ3) is 3.97. The Labute approximate surface area is 169 Å². The third-order valence-electron chi connectivity index (χ3n) is 6.30. The highest BCUT2D eigenvalue weighted by Crippen LogP contribution is 2.32. The van der Waals surface area contributed by atoms with E-state index in [9.17, 15) is 14.0 Å². The number of pyridine rings is 1. The molecule has 2 saturated heterocycles. The molecule has 2 aliphatic heterocycles. The summed E-state index contributed by atoms with van der Waals surface area (Å²) in [5.41, 5.74) is 9.25. The van der Waals surface area contributed by atoms with Crippen molar-refractivity contribution in [3.8, 4) is 0 Å². The number of halogens is 1. The summed E-state index contributed by atoms with van der Waals surface area (Å²) in [6, 6.07) is 8.50. The van der Waals surface area contributed by atoms with Gasteiger partial charge in [0, 0.05) is 37.3 Å². The number of nitrogens with one attached hydrogen (secondary N) is 3. The normalized spacial score (nSPS) is 24.7. The second kappa shape index (κ2) is 8.08. The van der Waals surface area contributed by atoms with Gasteiger partial charge < -0.3 is 9.88 Å². The number of aromatic amines is 1. The number of hydrogen-bond donors (Lipinski definition) is 3. The first-order valence-corrected chi connectivity index (χ1v) is 10.2. The second-order valence-electron chi connectivity index (χ2n) is 8.18. The Kier molecular flexibility index (Phi) is 5.52. The van der Waals surface area contributed by atoms with Crippen molar-refractivity contribution in [2.24, 2.45) is 5.92 Å².